The van der Waals surface area contributed by atoms with Crippen molar-refractivity contribution in [2.75, 3.05) is 6.61 Å². The molecule has 94 valence electrons. The summed E-state index contributed by atoms with van der Waals surface area (Å²) < 4.78 is 42.4. The zero-order chi connectivity index (χ0) is 13.1. The van der Waals surface area contributed by atoms with Gasteiger partial charge in [0.2, 0.25) is 0 Å². The molecule has 1 N–H and O–H groups in total. The van der Waals surface area contributed by atoms with Gasteiger partial charge in [-0.15, -0.1) is 0 Å². The summed E-state index contributed by atoms with van der Waals surface area (Å²) in [7, 11) is 0. The fourth-order valence-corrected chi connectivity index (χ4v) is 1.37. The van der Waals surface area contributed by atoms with Crippen LogP contribution in [0, 0.1) is 6.92 Å². The Morgan fingerprint density at radius 1 is 1.47 bits per heavy atom. The molecule has 1 aromatic carbocycles. The smallest absolute Gasteiger partial charge is 0.418 e. The lowest BCUT2D eigenvalue weighted by molar-refractivity contribution is -0.225. The Morgan fingerprint density at radius 3 is 2.59 bits per heavy atom. The van der Waals surface area contributed by atoms with E-state index in [1.807, 2.05) is 0 Å². The number of aryl methyl sites for hydroxylation is 1. The largest absolute Gasteiger partial charge is 0.480 e. The first-order chi connectivity index (χ1) is 7.80. The van der Waals surface area contributed by atoms with Gasteiger partial charge >= 0.3 is 12.1 Å². The summed E-state index contributed by atoms with van der Waals surface area (Å²) in [5.74, 6) is -1.44. The lowest BCUT2D eigenvalue weighted by atomic mass is 10.1. The van der Waals surface area contributed by atoms with E-state index in [1.54, 1.807) is 13.0 Å². The number of ether oxygens (including phenoxy) is 1. The van der Waals surface area contributed by atoms with Gasteiger partial charge in [0.25, 0.3) is 0 Å². The minimum absolute atomic E-state index is 0.0984. The minimum atomic E-state index is -4.64. The van der Waals surface area contributed by atoms with Crippen LogP contribution in [-0.2, 0) is 9.53 Å². The van der Waals surface area contributed by atoms with Crippen molar-refractivity contribution in [2.24, 2.45) is 0 Å². The molecule has 6 heteroatoms. The molecule has 17 heavy (non-hydrogen) atoms. The van der Waals surface area contributed by atoms with Crippen molar-refractivity contribution < 1.29 is 27.8 Å². The van der Waals surface area contributed by atoms with Gasteiger partial charge in [0.15, 0.2) is 6.10 Å². The van der Waals surface area contributed by atoms with Gasteiger partial charge in [0.05, 0.1) is 0 Å². The number of benzene rings is 1. The van der Waals surface area contributed by atoms with Crippen molar-refractivity contribution in [1.82, 2.24) is 0 Å². The molecule has 1 rings (SSSR count). The summed E-state index contributed by atoms with van der Waals surface area (Å²) in [5, 5.41) is 8.34. The molecule has 0 fully saturated rings. The van der Waals surface area contributed by atoms with Gasteiger partial charge in [-0.05, 0) is 12.5 Å². The third-order valence-corrected chi connectivity index (χ3v) is 2.02. The molecule has 1 unspecified atom stereocenters. The SMILES string of the molecule is Cc1cccc(C(OCC(=O)O)C(F)(F)F)c1. The van der Waals surface area contributed by atoms with E-state index in [4.69, 9.17) is 5.11 Å². The van der Waals surface area contributed by atoms with Crippen molar-refractivity contribution >= 4 is 5.97 Å². The first-order valence-electron chi connectivity index (χ1n) is 4.77. The molecule has 0 aromatic heterocycles. The van der Waals surface area contributed by atoms with Gasteiger partial charge in [0, 0.05) is 0 Å². The monoisotopic (exact) mass is 248 g/mol. The van der Waals surface area contributed by atoms with Crippen LogP contribution in [0.5, 0.6) is 0 Å². The standard InChI is InChI=1S/C11H11F3O3/c1-7-3-2-4-8(5-7)10(11(12,13)14)17-6-9(15)16/h2-5,10H,6H2,1H3,(H,15,16). The summed E-state index contributed by atoms with van der Waals surface area (Å²) in [6.45, 7) is 0.659. The maximum absolute atomic E-state index is 12.7. The molecule has 0 aliphatic carbocycles. The molecule has 0 spiro atoms. The molecule has 0 heterocycles. The molecule has 0 amide bonds. The molecule has 0 bridgehead atoms. The number of hydrogen-bond donors (Lipinski definition) is 1. The molecule has 1 aromatic rings. The van der Waals surface area contributed by atoms with E-state index in [9.17, 15) is 18.0 Å². The van der Waals surface area contributed by atoms with Gasteiger partial charge in [-0.2, -0.15) is 13.2 Å². The number of hydrogen-bond acceptors (Lipinski definition) is 2. The highest BCUT2D eigenvalue weighted by atomic mass is 19.4. The molecular weight excluding hydrogens is 237 g/mol. The normalized spacial score (nSPS) is 13.4. The summed E-state index contributed by atoms with van der Waals surface area (Å²) in [6.07, 6.45) is -6.85. The van der Waals surface area contributed by atoms with Crippen molar-refractivity contribution in [1.29, 1.82) is 0 Å². The van der Waals surface area contributed by atoms with E-state index in [-0.39, 0.29) is 5.56 Å². The molecule has 0 saturated carbocycles. The van der Waals surface area contributed by atoms with Crippen LogP contribution < -0.4 is 0 Å². The number of alkyl halides is 3. The molecule has 0 saturated heterocycles. The van der Waals surface area contributed by atoms with E-state index in [1.165, 1.54) is 18.2 Å². The molecule has 0 radical (unpaired) electrons. The number of rotatable bonds is 4. The Balaban J connectivity index is 2.94. The molecule has 1 atom stereocenters. The molecule has 3 nitrogen and oxygen atoms in total. The fraction of sp³-hybridized carbons (Fsp3) is 0.364. The lowest BCUT2D eigenvalue weighted by Crippen LogP contribution is -2.26. The Hall–Kier alpha value is -1.56. The predicted octanol–water partition coefficient (Wildman–Crippen LogP) is 2.70. The number of carboxylic acids is 1. The maximum atomic E-state index is 12.7. The third-order valence-electron chi connectivity index (χ3n) is 2.02. The molecular formula is C11H11F3O3. The van der Waals surface area contributed by atoms with Gasteiger partial charge in [-0.1, -0.05) is 29.8 Å². The minimum Gasteiger partial charge on any atom is -0.480 e. The van der Waals surface area contributed by atoms with Crippen LogP contribution in [0.4, 0.5) is 13.2 Å². The van der Waals surface area contributed by atoms with Crippen LogP contribution in [0.1, 0.15) is 17.2 Å². The molecule has 0 aliphatic rings. The number of carbonyl (C=O) groups is 1. The van der Waals surface area contributed by atoms with E-state index in [0.717, 1.165) is 0 Å². The van der Waals surface area contributed by atoms with Crippen LogP contribution >= 0.6 is 0 Å². The van der Waals surface area contributed by atoms with Crippen molar-refractivity contribution in [3.8, 4) is 0 Å². The van der Waals surface area contributed by atoms with Gasteiger partial charge in [-0.25, -0.2) is 4.79 Å². The maximum Gasteiger partial charge on any atom is 0.418 e. The average molecular weight is 248 g/mol. The summed E-state index contributed by atoms with van der Waals surface area (Å²) in [4.78, 5) is 10.2. The van der Waals surface area contributed by atoms with Crippen LogP contribution in [0.15, 0.2) is 24.3 Å². The average Bonchev–Trinajstić information content (AvgIpc) is 2.15. The van der Waals surface area contributed by atoms with Gasteiger partial charge in [-0.3, -0.25) is 0 Å². The molecule has 0 aliphatic heterocycles. The Labute approximate surface area is 95.8 Å². The highest BCUT2D eigenvalue weighted by molar-refractivity contribution is 5.68. The van der Waals surface area contributed by atoms with E-state index >= 15 is 0 Å². The first kappa shape index (κ1) is 13.5. The van der Waals surface area contributed by atoms with Crippen molar-refractivity contribution in [2.45, 2.75) is 19.2 Å². The van der Waals surface area contributed by atoms with Gasteiger partial charge < -0.3 is 9.84 Å². The summed E-state index contributed by atoms with van der Waals surface area (Å²) >= 11 is 0. The van der Waals surface area contributed by atoms with Crippen molar-refractivity contribution in [3.05, 3.63) is 35.4 Å². The first-order valence-corrected chi connectivity index (χ1v) is 4.77. The number of carboxylic acid groups (broad SMARTS) is 1. The van der Waals surface area contributed by atoms with Crippen LogP contribution in [0.2, 0.25) is 0 Å². The van der Waals surface area contributed by atoms with Crippen LogP contribution in [-0.4, -0.2) is 23.9 Å². The summed E-state index contributed by atoms with van der Waals surface area (Å²) in [5.41, 5.74) is 0.550. The third kappa shape index (κ3) is 4.07. The van der Waals surface area contributed by atoms with E-state index in [2.05, 4.69) is 4.74 Å². The second-order valence-corrected chi connectivity index (χ2v) is 3.54. The van der Waals surface area contributed by atoms with E-state index < -0.39 is 24.9 Å². The highest BCUT2D eigenvalue weighted by Gasteiger charge is 2.42. The highest BCUT2D eigenvalue weighted by Crippen LogP contribution is 2.35. The Morgan fingerprint density at radius 2 is 2.12 bits per heavy atom. The zero-order valence-electron chi connectivity index (χ0n) is 8.99. The number of halogens is 3. The quantitative estimate of drug-likeness (QED) is 0.891. The number of aliphatic carboxylic acids is 1. The predicted molar refractivity (Wildman–Crippen MR) is 53.6 cm³/mol. The van der Waals surface area contributed by atoms with Crippen molar-refractivity contribution in [3.63, 3.8) is 0 Å². The van der Waals surface area contributed by atoms with Crippen LogP contribution in [0.3, 0.4) is 0 Å². The Bertz CT molecular complexity index is 401. The van der Waals surface area contributed by atoms with Gasteiger partial charge in [0.1, 0.15) is 6.61 Å². The fourth-order valence-electron chi connectivity index (χ4n) is 1.37. The Kier molecular flexibility index (Phi) is 4.11. The second-order valence-electron chi connectivity index (χ2n) is 3.54. The summed E-state index contributed by atoms with van der Waals surface area (Å²) in [6, 6.07) is 5.69. The topological polar surface area (TPSA) is 46.5 Å². The van der Waals surface area contributed by atoms with Crippen LogP contribution in [0.25, 0.3) is 0 Å². The second kappa shape index (κ2) is 5.18. The zero-order valence-corrected chi connectivity index (χ0v) is 8.99. The van der Waals surface area contributed by atoms with E-state index in [0.29, 0.717) is 5.56 Å². The lowest BCUT2D eigenvalue weighted by Gasteiger charge is -2.20.